The molecule has 0 aliphatic carbocycles. The first-order valence-electron chi connectivity index (χ1n) is 6.22. The zero-order valence-electron chi connectivity index (χ0n) is 9.88. The molecule has 1 heterocycles. The third-order valence-corrected chi connectivity index (χ3v) is 4.17. The highest BCUT2D eigenvalue weighted by Crippen LogP contribution is 2.19. The van der Waals surface area contributed by atoms with Gasteiger partial charge in [-0.05, 0) is 78.4 Å². The van der Waals surface area contributed by atoms with Crippen LogP contribution in [0, 0.1) is 9.49 Å². The maximum Gasteiger partial charge on any atom is 0.0130 e. The number of piperidine rings is 1. The maximum absolute atomic E-state index is 3.63. The van der Waals surface area contributed by atoms with E-state index in [2.05, 4.69) is 59.1 Å². The molecule has 1 nitrogen and oxygen atoms in total. The molecule has 2 unspecified atom stereocenters. The van der Waals surface area contributed by atoms with Crippen LogP contribution in [0.5, 0.6) is 0 Å². The lowest BCUT2D eigenvalue weighted by Crippen LogP contribution is -2.37. The van der Waals surface area contributed by atoms with E-state index in [9.17, 15) is 0 Å². The topological polar surface area (TPSA) is 12.0 Å². The highest BCUT2D eigenvalue weighted by Gasteiger charge is 2.17. The molecule has 88 valence electrons. The average molecular weight is 329 g/mol. The Bertz CT molecular complexity index is 320. The first-order chi connectivity index (χ1) is 7.74. The minimum absolute atomic E-state index is 0.739. The molecular formula is C14H20IN. The van der Waals surface area contributed by atoms with E-state index in [1.54, 1.807) is 0 Å². The molecule has 1 aromatic carbocycles. The summed E-state index contributed by atoms with van der Waals surface area (Å²) in [5.74, 6) is 0.906. The van der Waals surface area contributed by atoms with Crippen molar-refractivity contribution in [2.45, 2.75) is 38.6 Å². The predicted octanol–water partition coefficient (Wildman–Crippen LogP) is 3.61. The number of hydrogen-bond acceptors (Lipinski definition) is 1. The van der Waals surface area contributed by atoms with E-state index in [4.69, 9.17) is 0 Å². The first-order valence-corrected chi connectivity index (χ1v) is 7.30. The molecule has 1 aromatic rings. The molecule has 1 aliphatic rings. The fraction of sp³-hybridized carbons (Fsp3) is 0.571. The smallest absolute Gasteiger partial charge is 0.0130 e. The largest absolute Gasteiger partial charge is 0.314 e. The van der Waals surface area contributed by atoms with Gasteiger partial charge in [-0.3, -0.25) is 0 Å². The Morgan fingerprint density at radius 3 is 2.75 bits per heavy atom. The van der Waals surface area contributed by atoms with Gasteiger partial charge in [0.05, 0.1) is 0 Å². The van der Waals surface area contributed by atoms with Gasteiger partial charge in [0.2, 0.25) is 0 Å². The van der Waals surface area contributed by atoms with Crippen LogP contribution in [0.1, 0.15) is 31.7 Å². The molecule has 2 heteroatoms. The van der Waals surface area contributed by atoms with Gasteiger partial charge in [-0.15, -0.1) is 0 Å². The van der Waals surface area contributed by atoms with Gasteiger partial charge in [-0.25, -0.2) is 0 Å². The van der Waals surface area contributed by atoms with Crippen LogP contribution in [0.15, 0.2) is 24.3 Å². The second-order valence-electron chi connectivity index (χ2n) is 4.95. The molecule has 0 bridgehead atoms. The van der Waals surface area contributed by atoms with Crippen molar-refractivity contribution >= 4 is 22.6 Å². The number of halogens is 1. The molecule has 1 saturated heterocycles. The quantitative estimate of drug-likeness (QED) is 0.836. The van der Waals surface area contributed by atoms with Crippen molar-refractivity contribution in [2.24, 2.45) is 5.92 Å². The van der Waals surface area contributed by atoms with Gasteiger partial charge in [0.25, 0.3) is 0 Å². The molecule has 16 heavy (non-hydrogen) atoms. The van der Waals surface area contributed by atoms with Crippen LogP contribution >= 0.6 is 22.6 Å². The van der Waals surface area contributed by atoms with E-state index in [0.717, 1.165) is 12.0 Å². The molecule has 0 aromatic heterocycles. The molecule has 2 atom stereocenters. The van der Waals surface area contributed by atoms with Gasteiger partial charge >= 0.3 is 0 Å². The first kappa shape index (κ1) is 12.4. The van der Waals surface area contributed by atoms with Crippen LogP contribution in [0.25, 0.3) is 0 Å². The lowest BCUT2D eigenvalue weighted by Gasteiger charge is -2.28. The molecule has 0 spiro atoms. The van der Waals surface area contributed by atoms with E-state index in [0.29, 0.717) is 0 Å². The monoisotopic (exact) mass is 329 g/mol. The summed E-state index contributed by atoms with van der Waals surface area (Å²) in [6, 6.07) is 9.66. The molecular weight excluding hydrogens is 309 g/mol. The van der Waals surface area contributed by atoms with E-state index < -0.39 is 0 Å². The van der Waals surface area contributed by atoms with Crippen LogP contribution in [0.4, 0.5) is 0 Å². The van der Waals surface area contributed by atoms with Crippen molar-refractivity contribution in [3.8, 4) is 0 Å². The van der Waals surface area contributed by atoms with Crippen LogP contribution in [0.3, 0.4) is 0 Å². The Labute approximate surface area is 112 Å². The molecule has 0 saturated carbocycles. The summed E-state index contributed by atoms with van der Waals surface area (Å²) < 4.78 is 1.32. The summed E-state index contributed by atoms with van der Waals surface area (Å²) >= 11 is 2.36. The Balaban J connectivity index is 1.80. The molecule has 0 radical (unpaired) electrons. The molecule has 0 amide bonds. The lowest BCUT2D eigenvalue weighted by molar-refractivity contribution is 0.308. The van der Waals surface area contributed by atoms with E-state index in [1.807, 2.05) is 0 Å². The summed E-state index contributed by atoms with van der Waals surface area (Å²) in [4.78, 5) is 0. The van der Waals surface area contributed by atoms with Crippen molar-refractivity contribution in [1.29, 1.82) is 0 Å². The zero-order valence-corrected chi connectivity index (χ0v) is 12.0. The van der Waals surface area contributed by atoms with Crippen molar-refractivity contribution in [3.05, 3.63) is 33.4 Å². The second-order valence-corrected chi connectivity index (χ2v) is 6.19. The van der Waals surface area contributed by atoms with Gasteiger partial charge in [-0.1, -0.05) is 19.1 Å². The van der Waals surface area contributed by atoms with Crippen molar-refractivity contribution in [1.82, 2.24) is 5.32 Å². The van der Waals surface area contributed by atoms with Crippen LogP contribution in [-0.4, -0.2) is 12.6 Å². The fourth-order valence-electron chi connectivity index (χ4n) is 2.43. The van der Waals surface area contributed by atoms with Crippen molar-refractivity contribution in [3.63, 3.8) is 0 Å². The average Bonchev–Trinajstić information content (AvgIpc) is 2.28. The Hall–Kier alpha value is -0.0900. The molecule has 2 rings (SSSR count). The highest BCUT2D eigenvalue weighted by atomic mass is 127. The number of benzene rings is 1. The highest BCUT2D eigenvalue weighted by molar-refractivity contribution is 14.1. The van der Waals surface area contributed by atoms with Crippen LogP contribution in [0.2, 0.25) is 0 Å². The number of hydrogen-bond donors (Lipinski definition) is 1. The van der Waals surface area contributed by atoms with Gasteiger partial charge in [0, 0.05) is 9.61 Å². The standard InChI is InChI=1S/C14H20IN/c1-11-8-9-16-14(10-11)7-4-12-2-5-13(15)6-3-12/h2-3,5-6,11,14,16H,4,7-10H2,1H3. The van der Waals surface area contributed by atoms with Gasteiger partial charge < -0.3 is 5.32 Å². The number of aryl methyl sites for hydroxylation is 1. The summed E-state index contributed by atoms with van der Waals surface area (Å²) in [7, 11) is 0. The van der Waals surface area contributed by atoms with E-state index >= 15 is 0 Å². The van der Waals surface area contributed by atoms with Crippen molar-refractivity contribution < 1.29 is 0 Å². The normalized spacial score (nSPS) is 25.6. The van der Waals surface area contributed by atoms with E-state index in [-0.39, 0.29) is 0 Å². The summed E-state index contributed by atoms with van der Waals surface area (Å²) in [6.07, 6.45) is 5.19. The maximum atomic E-state index is 3.63. The minimum Gasteiger partial charge on any atom is -0.314 e. The predicted molar refractivity (Wildman–Crippen MR) is 77.7 cm³/mol. The Morgan fingerprint density at radius 1 is 1.31 bits per heavy atom. The molecule has 1 fully saturated rings. The van der Waals surface area contributed by atoms with Gasteiger partial charge in [-0.2, -0.15) is 0 Å². The van der Waals surface area contributed by atoms with Gasteiger partial charge in [0.15, 0.2) is 0 Å². The van der Waals surface area contributed by atoms with Gasteiger partial charge in [0.1, 0.15) is 0 Å². The second kappa shape index (κ2) is 6.01. The Morgan fingerprint density at radius 2 is 2.06 bits per heavy atom. The number of nitrogens with one attached hydrogen (secondary N) is 1. The fourth-order valence-corrected chi connectivity index (χ4v) is 2.79. The minimum atomic E-state index is 0.739. The summed E-state index contributed by atoms with van der Waals surface area (Å²) in [5, 5.41) is 3.63. The van der Waals surface area contributed by atoms with Crippen LogP contribution in [-0.2, 0) is 6.42 Å². The third-order valence-electron chi connectivity index (χ3n) is 3.45. The number of rotatable bonds is 3. The lowest BCUT2D eigenvalue weighted by atomic mass is 9.91. The third kappa shape index (κ3) is 3.74. The Kier molecular flexibility index (Phi) is 4.65. The zero-order chi connectivity index (χ0) is 11.4. The van der Waals surface area contributed by atoms with Crippen molar-refractivity contribution in [2.75, 3.05) is 6.54 Å². The van der Waals surface area contributed by atoms with E-state index in [1.165, 1.54) is 41.4 Å². The molecule has 1 aliphatic heterocycles. The summed E-state index contributed by atoms with van der Waals surface area (Å²) in [6.45, 7) is 3.58. The SMILES string of the molecule is CC1CCNC(CCc2ccc(I)cc2)C1. The van der Waals surface area contributed by atoms with Crippen LogP contribution < -0.4 is 5.32 Å². The summed E-state index contributed by atoms with van der Waals surface area (Å²) in [5.41, 5.74) is 1.47. The molecule has 1 N–H and O–H groups in total.